The highest BCUT2D eigenvalue weighted by Gasteiger charge is 2.27. The summed E-state index contributed by atoms with van der Waals surface area (Å²) in [5.41, 5.74) is 0. The van der Waals surface area contributed by atoms with E-state index in [-0.39, 0.29) is 18.4 Å². The van der Waals surface area contributed by atoms with Gasteiger partial charge < -0.3 is 5.11 Å². The number of aliphatic hydroxyl groups excluding tert-OH is 1. The van der Waals surface area contributed by atoms with Gasteiger partial charge in [0.05, 0.1) is 0 Å². The molecule has 14 heavy (non-hydrogen) atoms. The van der Waals surface area contributed by atoms with Crippen LogP contribution in [0.15, 0.2) is 0 Å². The zero-order valence-corrected chi connectivity index (χ0v) is 8.89. The molecule has 0 aromatic carbocycles. The van der Waals surface area contributed by atoms with Gasteiger partial charge in [-0.05, 0) is 12.2 Å². The number of imide groups is 1. The largest absolute Gasteiger partial charge is 0.396 e. The molecule has 0 unspecified atom stereocenters. The molecule has 1 saturated heterocycles. The van der Waals surface area contributed by atoms with Crippen molar-refractivity contribution in [1.29, 1.82) is 0 Å². The van der Waals surface area contributed by atoms with Gasteiger partial charge in [0.25, 0.3) is 0 Å². The van der Waals surface area contributed by atoms with Crippen LogP contribution in [0.4, 0.5) is 0 Å². The molecular weight excluding hydrogens is 202 g/mol. The quantitative estimate of drug-likeness (QED) is 0.512. The van der Waals surface area contributed by atoms with Crippen molar-refractivity contribution in [3.05, 3.63) is 0 Å². The highest BCUT2D eigenvalue weighted by atomic mass is 32.2. The van der Waals surface area contributed by atoms with Crippen LogP contribution in [0.2, 0.25) is 0 Å². The van der Waals surface area contributed by atoms with E-state index < -0.39 is 0 Å². The fourth-order valence-corrected chi connectivity index (χ4v) is 2.15. The standard InChI is InChI=1S/C9H15NO3S/c11-5-1-6-14-7-4-10-8(12)2-3-9(10)13/h11H,1-7H2. The van der Waals surface area contributed by atoms with Gasteiger partial charge in [-0.3, -0.25) is 14.5 Å². The van der Waals surface area contributed by atoms with Gasteiger partial charge in [-0.1, -0.05) is 0 Å². The highest BCUT2D eigenvalue weighted by Crippen LogP contribution is 2.12. The fraction of sp³-hybridized carbons (Fsp3) is 0.778. The average Bonchev–Trinajstić information content (AvgIpc) is 2.48. The zero-order valence-electron chi connectivity index (χ0n) is 8.07. The maximum Gasteiger partial charge on any atom is 0.229 e. The lowest BCUT2D eigenvalue weighted by Gasteiger charge is -2.12. The Labute approximate surface area is 87.7 Å². The number of hydrogen-bond donors (Lipinski definition) is 1. The van der Waals surface area contributed by atoms with E-state index in [0.717, 1.165) is 17.9 Å². The number of nitrogens with zero attached hydrogens (tertiary/aromatic N) is 1. The van der Waals surface area contributed by atoms with Gasteiger partial charge in [0.2, 0.25) is 11.8 Å². The van der Waals surface area contributed by atoms with E-state index in [2.05, 4.69) is 0 Å². The maximum absolute atomic E-state index is 11.2. The number of rotatable bonds is 6. The van der Waals surface area contributed by atoms with Crippen molar-refractivity contribution in [1.82, 2.24) is 4.90 Å². The Kier molecular flexibility index (Phi) is 4.97. The number of aliphatic hydroxyl groups is 1. The molecule has 0 bridgehead atoms. The maximum atomic E-state index is 11.2. The fourth-order valence-electron chi connectivity index (χ4n) is 1.30. The molecule has 0 aromatic heterocycles. The number of thioether (sulfide) groups is 1. The second-order valence-electron chi connectivity index (χ2n) is 3.13. The Morgan fingerprint density at radius 2 is 1.86 bits per heavy atom. The first-order valence-corrected chi connectivity index (χ1v) is 5.93. The Hall–Kier alpha value is -0.550. The first kappa shape index (κ1) is 11.5. The molecule has 0 atom stereocenters. The van der Waals surface area contributed by atoms with E-state index in [1.54, 1.807) is 11.8 Å². The van der Waals surface area contributed by atoms with Crippen LogP contribution in [-0.2, 0) is 9.59 Å². The summed E-state index contributed by atoms with van der Waals surface area (Å²) >= 11 is 1.66. The van der Waals surface area contributed by atoms with Crippen molar-refractivity contribution in [3.8, 4) is 0 Å². The van der Waals surface area contributed by atoms with Crippen molar-refractivity contribution in [3.63, 3.8) is 0 Å². The number of amides is 2. The van der Waals surface area contributed by atoms with E-state index in [9.17, 15) is 9.59 Å². The summed E-state index contributed by atoms with van der Waals surface area (Å²) in [6, 6.07) is 0. The van der Waals surface area contributed by atoms with Crippen LogP contribution in [0.5, 0.6) is 0 Å². The lowest BCUT2D eigenvalue weighted by molar-refractivity contribution is -0.137. The van der Waals surface area contributed by atoms with E-state index in [4.69, 9.17) is 5.11 Å². The molecule has 1 fully saturated rings. The third kappa shape index (κ3) is 3.31. The Morgan fingerprint density at radius 3 is 2.43 bits per heavy atom. The van der Waals surface area contributed by atoms with Crippen LogP contribution in [0.3, 0.4) is 0 Å². The molecule has 1 rings (SSSR count). The summed E-state index contributed by atoms with van der Waals surface area (Å²) in [6.45, 7) is 0.725. The van der Waals surface area contributed by atoms with E-state index >= 15 is 0 Å². The summed E-state index contributed by atoms with van der Waals surface area (Å²) in [4.78, 5) is 23.7. The number of carbonyl (C=O) groups excluding carboxylic acids is 2. The summed E-state index contributed by atoms with van der Waals surface area (Å²) in [5.74, 6) is 1.57. The monoisotopic (exact) mass is 217 g/mol. The van der Waals surface area contributed by atoms with Crippen LogP contribution >= 0.6 is 11.8 Å². The average molecular weight is 217 g/mol. The second-order valence-corrected chi connectivity index (χ2v) is 4.35. The van der Waals surface area contributed by atoms with Crippen molar-refractivity contribution < 1.29 is 14.7 Å². The zero-order chi connectivity index (χ0) is 10.4. The summed E-state index contributed by atoms with van der Waals surface area (Å²) in [6.07, 6.45) is 1.52. The lowest BCUT2D eigenvalue weighted by Crippen LogP contribution is -2.31. The molecule has 1 aliphatic rings. The topological polar surface area (TPSA) is 57.6 Å². The normalized spacial score (nSPS) is 16.8. The molecular formula is C9H15NO3S. The lowest BCUT2D eigenvalue weighted by atomic mass is 10.4. The third-order valence-electron chi connectivity index (χ3n) is 2.06. The van der Waals surface area contributed by atoms with Gasteiger partial charge in [-0.25, -0.2) is 0 Å². The highest BCUT2D eigenvalue weighted by molar-refractivity contribution is 7.99. The smallest absolute Gasteiger partial charge is 0.229 e. The van der Waals surface area contributed by atoms with E-state index in [1.807, 2.05) is 0 Å². The molecule has 5 heteroatoms. The SMILES string of the molecule is O=C1CCC(=O)N1CCSCCCO. The van der Waals surface area contributed by atoms with Crippen molar-refractivity contribution >= 4 is 23.6 Å². The molecule has 2 amide bonds. The minimum atomic E-state index is -0.0437. The van der Waals surface area contributed by atoms with Crippen LogP contribution in [-0.4, -0.2) is 46.5 Å². The summed E-state index contributed by atoms with van der Waals surface area (Å²) in [7, 11) is 0. The summed E-state index contributed by atoms with van der Waals surface area (Å²) in [5, 5.41) is 8.53. The Balaban J connectivity index is 2.11. The molecule has 4 nitrogen and oxygen atoms in total. The molecule has 80 valence electrons. The van der Waals surface area contributed by atoms with Gasteiger partial charge >= 0.3 is 0 Å². The minimum absolute atomic E-state index is 0.0437. The molecule has 0 aliphatic carbocycles. The van der Waals surface area contributed by atoms with Gasteiger partial charge in [0.15, 0.2) is 0 Å². The van der Waals surface area contributed by atoms with Crippen LogP contribution in [0.25, 0.3) is 0 Å². The van der Waals surface area contributed by atoms with Crippen molar-refractivity contribution in [2.24, 2.45) is 0 Å². The first-order chi connectivity index (χ1) is 6.75. The van der Waals surface area contributed by atoms with Gasteiger partial charge in [-0.15, -0.1) is 0 Å². The Bertz CT molecular complexity index is 204. The van der Waals surface area contributed by atoms with Gasteiger partial charge in [0.1, 0.15) is 0 Å². The van der Waals surface area contributed by atoms with Crippen molar-refractivity contribution in [2.45, 2.75) is 19.3 Å². The molecule has 0 spiro atoms. The van der Waals surface area contributed by atoms with Crippen LogP contribution in [0, 0.1) is 0 Å². The molecule has 1 aliphatic heterocycles. The number of hydrogen-bond acceptors (Lipinski definition) is 4. The van der Waals surface area contributed by atoms with Crippen LogP contribution in [0.1, 0.15) is 19.3 Å². The van der Waals surface area contributed by atoms with E-state index in [1.165, 1.54) is 4.90 Å². The van der Waals surface area contributed by atoms with E-state index in [0.29, 0.717) is 19.4 Å². The molecule has 1 N–H and O–H groups in total. The Morgan fingerprint density at radius 1 is 1.21 bits per heavy atom. The minimum Gasteiger partial charge on any atom is -0.396 e. The van der Waals surface area contributed by atoms with Crippen molar-refractivity contribution in [2.75, 3.05) is 24.7 Å². The predicted octanol–water partition coefficient (Wildman–Crippen LogP) is 0.251. The number of likely N-dealkylation sites (tertiary alicyclic amines) is 1. The molecule has 0 radical (unpaired) electrons. The summed E-state index contributed by atoms with van der Waals surface area (Å²) < 4.78 is 0. The molecule has 0 saturated carbocycles. The molecule has 1 heterocycles. The molecule has 0 aromatic rings. The second kappa shape index (κ2) is 6.03. The van der Waals surface area contributed by atoms with Gasteiger partial charge in [0, 0.05) is 31.7 Å². The predicted molar refractivity (Wildman–Crippen MR) is 55.0 cm³/mol. The third-order valence-corrected chi connectivity index (χ3v) is 3.11. The number of carbonyl (C=O) groups is 2. The first-order valence-electron chi connectivity index (χ1n) is 4.77. The van der Waals surface area contributed by atoms with Gasteiger partial charge in [-0.2, -0.15) is 11.8 Å². The van der Waals surface area contributed by atoms with Crippen LogP contribution < -0.4 is 0 Å².